The van der Waals surface area contributed by atoms with Crippen LogP contribution in [0.2, 0.25) is 0 Å². The highest BCUT2D eigenvalue weighted by molar-refractivity contribution is 5.67. The minimum absolute atomic E-state index is 0.210. The van der Waals surface area contributed by atoms with E-state index in [-0.39, 0.29) is 6.10 Å². The van der Waals surface area contributed by atoms with Gasteiger partial charge in [-0.1, -0.05) is 24.3 Å². The van der Waals surface area contributed by atoms with Crippen LogP contribution in [0, 0.1) is 11.6 Å². The van der Waals surface area contributed by atoms with E-state index >= 15 is 0 Å². The molecule has 2 aromatic rings. The second-order valence-electron chi connectivity index (χ2n) is 5.24. The summed E-state index contributed by atoms with van der Waals surface area (Å²) >= 11 is 0. The molecule has 0 bridgehead atoms. The van der Waals surface area contributed by atoms with Crippen LogP contribution in [-0.4, -0.2) is 19.2 Å². The summed E-state index contributed by atoms with van der Waals surface area (Å²) in [5.41, 5.74) is 2.28. The van der Waals surface area contributed by atoms with Crippen LogP contribution < -0.4 is 5.32 Å². The van der Waals surface area contributed by atoms with E-state index in [9.17, 15) is 8.78 Å². The van der Waals surface area contributed by atoms with Crippen molar-refractivity contribution in [3.63, 3.8) is 0 Å². The Balaban J connectivity index is 1.84. The lowest BCUT2D eigenvalue weighted by Crippen LogP contribution is -2.16. The average Bonchev–Trinajstić information content (AvgIpc) is 2.98. The van der Waals surface area contributed by atoms with Crippen LogP contribution in [-0.2, 0) is 11.3 Å². The first kappa shape index (κ1) is 14.2. The fourth-order valence-electron chi connectivity index (χ4n) is 2.62. The van der Waals surface area contributed by atoms with E-state index in [4.69, 9.17) is 4.74 Å². The Bertz CT molecular complexity index is 604. The minimum Gasteiger partial charge on any atom is -0.372 e. The molecule has 0 amide bonds. The van der Waals surface area contributed by atoms with Gasteiger partial charge >= 0.3 is 0 Å². The first-order valence-electron chi connectivity index (χ1n) is 7.09. The predicted molar refractivity (Wildman–Crippen MR) is 77.9 cm³/mol. The highest BCUT2D eigenvalue weighted by atomic mass is 19.1. The van der Waals surface area contributed by atoms with Crippen molar-refractivity contribution in [1.82, 2.24) is 5.32 Å². The third-order valence-corrected chi connectivity index (χ3v) is 3.68. The fraction of sp³-hybridized carbons (Fsp3) is 0.294. The molecule has 1 saturated heterocycles. The number of ether oxygens (including phenoxy) is 1. The van der Waals surface area contributed by atoms with Crippen molar-refractivity contribution >= 4 is 0 Å². The maximum absolute atomic E-state index is 13.4. The van der Waals surface area contributed by atoms with E-state index in [2.05, 4.69) is 5.32 Å². The number of hydrogen-bond acceptors (Lipinski definition) is 2. The summed E-state index contributed by atoms with van der Waals surface area (Å²) < 4.78 is 32.7. The highest BCUT2D eigenvalue weighted by Gasteiger charge is 2.15. The van der Waals surface area contributed by atoms with Gasteiger partial charge in [0.1, 0.15) is 11.6 Å². The molecule has 1 N–H and O–H groups in total. The molecule has 0 aliphatic carbocycles. The topological polar surface area (TPSA) is 21.3 Å². The molecular weight excluding hydrogens is 272 g/mol. The SMILES string of the molecule is Fc1cc(F)cc(-c2ccccc2CO[C@H]2CCNC2)c1. The highest BCUT2D eigenvalue weighted by Crippen LogP contribution is 2.26. The smallest absolute Gasteiger partial charge is 0.126 e. The molecule has 0 spiro atoms. The molecule has 0 saturated carbocycles. The first-order chi connectivity index (χ1) is 10.2. The van der Waals surface area contributed by atoms with Crippen LogP contribution in [0.15, 0.2) is 42.5 Å². The quantitative estimate of drug-likeness (QED) is 0.930. The Morgan fingerprint density at radius 3 is 2.57 bits per heavy atom. The summed E-state index contributed by atoms with van der Waals surface area (Å²) in [5, 5.41) is 3.25. The standard InChI is InChI=1S/C17H17F2NO/c18-14-7-13(8-15(19)9-14)17-4-2-1-3-12(17)11-21-16-5-6-20-10-16/h1-4,7-9,16,20H,5-6,10-11H2/t16-/m0/s1. The monoisotopic (exact) mass is 289 g/mol. The van der Waals surface area contributed by atoms with Gasteiger partial charge in [0.05, 0.1) is 12.7 Å². The van der Waals surface area contributed by atoms with Gasteiger partial charge in [-0.05, 0) is 41.8 Å². The summed E-state index contributed by atoms with van der Waals surface area (Å²) in [6.45, 7) is 2.28. The second-order valence-corrected chi connectivity index (χ2v) is 5.24. The molecule has 2 nitrogen and oxygen atoms in total. The predicted octanol–water partition coefficient (Wildman–Crippen LogP) is 3.51. The van der Waals surface area contributed by atoms with Gasteiger partial charge < -0.3 is 10.1 Å². The second kappa shape index (κ2) is 6.33. The first-order valence-corrected chi connectivity index (χ1v) is 7.09. The molecule has 4 heteroatoms. The average molecular weight is 289 g/mol. The molecule has 1 heterocycles. The van der Waals surface area contributed by atoms with Crippen molar-refractivity contribution in [2.75, 3.05) is 13.1 Å². The van der Waals surface area contributed by atoms with Gasteiger partial charge in [0.25, 0.3) is 0 Å². The molecule has 0 aromatic heterocycles. The Kier molecular flexibility index (Phi) is 4.27. The Morgan fingerprint density at radius 1 is 1.10 bits per heavy atom. The molecular formula is C17H17F2NO. The van der Waals surface area contributed by atoms with Gasteiger partial charge in [-0.25, -0.2) is 8.78 Å². The number of nitrogens with one attached hydrogen (secondary N) is 1. The van der Waals surface area contributed by atoms with Crippen molar-refractivity contribution in [2.45, 2.75) is 19.1 Å². The third kappa shape index (κ3) is 3.46. The molecule has 110 valence electrons. The van der Waals surface area contributed by atoms with E-state index < -0.39 is 11.6 Å². The Hall–Kier alpha value is -1.78. The van der Waals surface area contributed by atoms with Crippen LogP contribution in [0.3, 0.4) is 0 Å². The van der Waals surface area contributed by atoms with Crippen LogP contribution in [0.4, 0.5) is 8.78 Å². The largest absolute Gasteiger partial charge is 0.372 e. The van der Waals surface area contributed by atoms with Gasteiger partial charge in [-0.2, -0.15) is 0 Å². The fourth-order valence-corrected chi connectivity index (χ4v) is 2.62. The maximum atomic E-state index is 13.4. The third-order valence-electron chi connectivity index (χ3n) is 3.68. The molecule has 1 fully saturated rings. The summed E-state index contributed by atoms with van der Waals surface area (Å²) in [4.78, 5) is 0. The summed E-state index contributed by atoms with van der Waals surface area (Å²) in [7, 11) is 0. The van der Waals surface area contributed by atoms with Crippen molar-refractivity contribution in [1.29, 1.82) is 0 Å². The maximum Gasteiger partial charge on any atom is 0.126 e. The number of halogens is 2. The minimum atomic E-state index is -0.569. The van der Waals surface area contributed by atoms with Crippen molar-refractivity contribution in [2.24, 2.45) is 0 Å². The molecule has 0 unspecified atom stereocenters. The van der Waals surface area contributed by atoms with Crippen LogP contribution >= 0.6 is 0 Å². The summed E-state index contributed by atoms with van der Waals surface area (Å²) in [5.74, 6) is -1.14. The van der Waals surface area contributed by atoms with E-state index in [1.54, 1.807) is 0 Å². The normalized spacial score (nSPS) is 18.1. The van der Waals surface area contributed by atoms with Crippen molar-refractivity contribution < 1.29 is 13.5 Å². The number of benzene rings is 2. The van der Waals surface area contributed by atoms with E-state index in [0.717, 1.165) is 36.7 Å². The van der Waals surface area contributed by atoms with Crippen LogP contribution in [0.5, 0.6) is 0 Å². The van der Waals surface area contributed by atoms with Crippen molar-refractivity contribution in [3.8, 4) is 11.1 Å². The summed E-state index contributed by atoms with van der Waals surface area (Å²) in [6, 6.07) is 11.1. The van der Waals surface area contributed by atoms with Crippen molar-refractivity contribution in [3.05, 3.63) is 59.7 Å². The molecule has 0 radical (unpaired) electrons. The van der Waals surface area contributed by atoms with E-state index in [1.165, 1.54) is 12.1 Å². The van der Waals surface area contributed by atoms with Gasteiger partial charge in [0.2, 0.25) is 0 Å². The molecule has 1 aliphatic rings. The zero-order valence-electron chi connectivity index (χ0n) is 11.6. The van der Waals surface area contributed by atoms with Crippen LogP contribution in [0.25, 0.3) is 11.1 Å². The van der Waals surface area contributed by atoms with E-state index in [0.29, 0.717) is 12.2 Å². The van der Waals surface area contributed by atoms with Gasteiger partial charge in [-0.15, -0.1) is 0 Å². The Morgan fingerprint density at radius 2 is 1.86 bits per heavy atom. The van der Waals surface area contributed by atoms with Gasteiger partial charge in [0, 0.05) is 12.6 Å². The molecule has 1 atom stereocenters. The number of hydrogen-bond donors (Lipinski definition) is 1. The lowest BCUT2D eigenvalue weighted by molar-refractivity contribution is 0.0545. The lowest BCUT2D eigenvalue weighted by Gasteiger charge is -2.14. The zero-order valence-corrected chi connectivity index (χ0v) is 11.6. The summed E-state index contributed by atoms with van der Waals surface area (Å²) in [6.07, 6.45) is 1.21. The molecule has 2 aromatic carbocycles. The number of rotatable bonds is 4. The van der Waals surface area contributed by atoms with Gasteiger partial charge in [0.15, 0.2) is 0 Å². The zero-order chi connectivity index (χ0) is 14.7. The van der Waals surface area contributed by atoms with Gasteiger partial charge in [-0.3, -0.25) is 0 Å². The lowest BCUT2D eigenvalue weighted by atomic mass is 10.00. The molecule has 3 rings (SSSR count). The molecule has 21 heavy (non-hydrogen) atoms. The van der Waals surface area contributed by atoms with E-state index in [1.807, 2.05) is 24.3 Å². The Labute approximate surface area is 122 Å². The van der Waals surface area contributed by atoms with Crippen LogP contribution in [0.1, 0.15) is 12.0 Å². The molecule has 1 aliphatic heterocycles.